The molecule has 0 aliphatic rings. The maximum absolute atomic E-state index is 12.0. The number of fused-ring (bicyclic) bond motifs is 1. The van der Waals surface area contributed by atoms with E-state index in [4.69, 9.17) is 4.42 Å². The predicted molar refractivity (Wildman–Crippen MR) is 84.0 cm³/mol. The number of hydrogen-bond donors (Lipinski definition) is 1. The van der Waals surface area contributed by atoms with Crippen molar-refractivity contribution in [2.75, 3.05) is 7.11 Å². The number of aryl methyl sites for hydroxylation is 1. The third kappa shape index (κ3) is 2.58. The van der Waals surface area contributed by atoms with Gasteiger partial charge < -0.3 is 14.1 Å². The molecule has 3 aromatic heterocycles. The van der Waals surface area contributed by atoms with Crippen molar-refractivity contribution in [3.63, 3.8) is 0 Å². The highest BCUT2D eigenvalue weighted by Gasteiger charge is 2.09. The topological polar surface area (TPSA) is 85.2 Å². The van der Waals surface area contributed by atoms with Gasteiger partial charge in [-0.3, -0.25) is 4.79 Å². The van der Waals surface area contributed by atoms with Crippen LogP contribution in [0, 0.1) is 6.92 Å². The Bertz CT molecular complexity index is 933. The van der Waals surface area contributed by atoms with Crippen LogP contribution in [0.25, 0.3) is 22.4 Å². The lowest BCUT2D eigenvalue weighted by atomic mass is 10.2. The summed E-state index contributed by atoms with van der Waals surface area (Å²) in [5, 5.41) is 2.52. The number of furan rings is 1. The summed E-state index contributed by atoms with van der Waals surface area (Å²) in [6.45, 7) is 1.88. The van der Waals surface area contributed by atoms with Crippen LogP contribution in [0.2, 0.25) is 0 Å². The highest BCUT2D eigenvalue weighted by Crippen LogP contribution is 2.20. The van der Waals surface area contributed by atoms with Crippen molar-refractivity contribution in [2.24, 2.45) is 0 Å². The van der Waals surface area contributed by atoms with E-state index >= 15 is 0 Å². The Balaban J connectivity index is 1.91. The van der Waals surface area contributed by atoms with Crippen LogP contribution in [-0.4, -0.2) is 23.0 Å². The van der Waals surface area contributed by atoms with Crippen LogP contribution < -0.4 is 5.56 Å². The maximum Gasteiger partial charge on any atom is 0.341 e. The highest BCUT2D eigenvalue weighted by atomic mass is 32.1. The standard InChI is InChI=1S/C15H12N2O4S/c1-8-7-22-14-12(8)13(18)16-11(17-14)4-3-10-5-9(6-21-10)15(19)20-2/h3-7H,1-2H3,(H,16,17,18). The normalized spacial score (nSPS) is 11.4. The Labute approximate surface area is 129 Å². The van der Waals surface area contributed by atoms with E-state index < -0.39 is 5.97 Å². The summed E-state index contributed by atoms with van der Waals surface area (Å²) in [6, 6.07) is 1.55. The fraction of sp³-hybridized carbons (Fsp3) is 0.133. The molecule has 0 aliphatic carbocycles. The highest BCUT2D eigenvalue weighted by molar-refractivity contribution is 7.16. The van der Waals surface area contributed by atoms with Crippen LogP contribution >= 0.6 is 11.3 Å². The average Bonchev–Trinajstić information content (AvgIpc) is 3.12. The van der Waals surface area contributed by atoms with Gasteiger partial charge in [-0.2, -0.15) is 0 Å². The van der Waals surface area contributed by atoms with Crippen LogP contribution in [0.3, 0.4) is 0 Å². The van der Waals surface area contributed by atoms with Gasteiger partial charge in [-0.05, 0) is 36.1 Å². The van der Waals surface area contributed by atoms with Gasteiger partial charge in [-0.15, -0.1) is 11.3 Å². The first-order chi connectivity index (χ1) is 10.6. The second kappa shape index (κ2) is 5.61. The van der Waals surface area contributed by atoms with Crippen molar-refractivity contribution in [1.82, 2.24) is 9.97 Å². The zero-order valence-electron chi connectivity index (χ0n) is 11.9. The lowest BCUT2D eigenvalue weighted by Crippen LogP contribution is -2.08. The van der Waals surface area contributed by atoms with Crippen molar-refractivity contribution in [3.8, 4) is 0 Å². The van der Waals surface area contributed by atoms with Gasteiger partial charge in [0, 0.05) is 0 Å². The zero-order valence-corrected chi connectivity index (χ0v) is 12.7. The molecule has 0 fully saturated rings. The number of methoxy groups -OCH3 is 1. The van der Waals surface area contributed by atoms with Crippen LogP contribution in [0.5, 0.6) is 0 Å². The summed E-state index contributed by atoms with van der Waals surface area (Å²) in [7, 11) is 1.30. The number of thiophene rings is 1. The molecule has 0 saturated heterocycles. The van der Waals surface area contributed by atoms with Gasteiger partial charge in [0.25, 0.3) is 5.56 Å². The minimum atomic E-state index is -0.467. The number of H-pyrrole nitrogens is 1. The molecule has 0 spiro atoms. The fourth-order valence-electron chi connectivity index (χ4n) is 2.01. The molecule has 112 valence electrons. The van der Waals surface area contributed by atoms with Crippen molar-refractivity contribution >= 4 is 39.7 Å². The fourth-order valence-corrected chi connectivity index (χ4v) is 2.94. The van der Waals surface area contributed by atoms with Crippen molar-refractivity contribution in [2.45, 2.75) is 6.92 Å². The Hall–Kier alpha value is -2.67. The molecule has 0 amide bonds. The molecule has 0 unspecified atom stereocenters. The number of ether oxygens (including phenoxy) is 1. The maximum atomic E-state index is 12.0. The molecule has 0 aromatic carbocycles. The molecule has 0 radical (unpaired) electrons. The van der Waals surface area contributed by atoms with E-state index in [1.54, 1.807) is 18.2 Å². The molecule has 22 heavy (non-hydrogen) atoms. The number of carbonyl (C=O) groups excluding carboxylic acids is 1. The summed E-state index contributed by atoms with van der Waals surface area (Å²) in [4.78, 5) is 31.1. The van der Waals surface area contributed by atoms with Crippen LogP contribution in [-0.2, 0) is 4.74 Å². The minimum absolute atomic E-state index is 0.168. The van der Waals surface area contributed by atoms with Gasteiger partial charge in [-0.1, -0.05) is 0 Å². The Morgan fingerprint density at radius 1 is 1.45 bits per heavy atom. The van der Waals surface area contributed by atoms with Crippen molar-refractivity contribution in [3.05, 3.63) is 50.8 Å². The molecule has 0 atom stereocenters. The lowest BCUT2D eigenvalue weighted by molar-refractivity contribution is 0.0600. The number of nitrogens with zero attached hydrogens (tertiary/aromatic N) is 1. The summed E-state index contributed by atoms with van der Waals surface area (Å²) in [5.74, 6) is 0.422. The Kier molecular flexibility index (Phi) is 3.64. The van der Waals surface area contributed by atoms with E-state index in [0.29, 0.717) is 27.4 Å². The van der Waals surface area contributed by atoms with Crippen LogP contribution in [0.4, 0.5) is 0 Å². The average molecular weight is 316 g/mol. The predicted octanol–water partition coefficient (Wildman–Crippen LogP) is 2.84. The number of aromatic amines is 1. The summed E-state index contributed by atoms with van der Waals surface area (Å²) in [6.07, 6.45) is 4.56. The number of rotatable bonds is 3. The van der Waals surface area contributed by atoms with E-state index in [0.717, 1.165) is 5.56 Å². The molecule has 3 heterocycles. The molecule has 0 saturated carbocycles. The monoisotopic (exact) mass is 316 g/mol. The molecule has 3 aromatic rings. The number of hydrogen-bond acceptors (Lipinski definition) is 6. The second-order valence-corrected chi connectivity index (χ2v) is 5.47. The van der Waals surface area contributed by atoms with Gasteiger partial charge in [-0.25, -0.2) is 9.78 Å². The SMILES string of the molecule is COC(=O)c1coc(C=Cc2nc3scc(C)c3c(=O)[nH]2)c1. The second-order valence-electron chi connectivity index (χ2n) is 4.61. The number of carbonyl (C=O) groups is 1. The van der Waals surface area contributed by atoms with E-state index in [2.05, 4.69) is 14.7 Å². The van der Waals surface area contributed by atoms with Crippen molar-refractivity contribution in [1.29, 1.82) is 0 Å². The van der Waals surface area contributed by atoms with Crippen LogP contribution in [0.15, 0.2) is 26.9 Å². The van der Waals surface area contributed by atoms with Gasteiger partial charge in [0.05, 0.1) is 18.1 Å². The molecule has 1 N–H and O–H groups in total. The van der Waals surface area contributed by atoms with Gasteiger partial charge in [0.1, 0.15) is 22.7 Å². The first kappa shape index (κ1) is 14.3. The van der Waals surface area contributed by atoms with E-state index in [9.17, 15) is 9.59 Å². The molecule has 0 bridgehead atoms. The van der Waals surface area contributed by atoms with Gasteiger partial charge in [0.2, 0.25) is 0 Å². The Morgan fingerprint density at radius 2 is 2.27 bits per heavy atom. The summed E-state index contributed by atoms with van der Waals surface area (Å²) >= 11 is 1.43. The molecular weight excluding hydrogens is 304 g/mol. The largest absolute Gasteiger partial charge is 0.465 e. The quantitative estimate of drug-likeness (QED) is 0.751. The minimum Gasteiger partial charge on any atom is -0.465 e. The smallest absolute Gasteiger partial charge is 0.341 e. The van der Waals surface area contributed by atoms with E-state index in [-0.39, 0.29) is 5.56 Å². The third-order valence-electron chi connectivity index (χ3n) is 3.09. The molecule has 7 heteroatoms. The Morgan fingerprint density at radius 3 is 3.05 bits per heavy atom. The van der Waals surface area contributed by atoms with E-state index in [1.165, 1.54) is 24.7 Å². The lowest BCUT2D eigenvalue weighted by Gasteiger charge is -1.94. The van der Waals surface area contributed by atoms with E-state index in [1.807, 2.05) is 12.3 Å². The first-order valence-corrected chi connectivity index (χ1v) is 7.29. The number of esters is 1. The number of aromatic nitrogens is 2. The molecule has 0 aliphatic heterocycles. The molecule has 6 nitrogen and oxygen atoms in total. The number of nitrogens with one attached hydrogen (secondary N) is 1. The molecule has 3 rings (SSSR count). The summed E-state index contributed by atoms with van der Waals surface area (Å²) < 4.78 is 9.82. The van der Waals surface area contributed by atoms with Gasteiger partial charge >= 0.3 is 5.97 Å². The van der Waals surface area contributed by atoms with Crippen LogP contribution in [0.1, 0.15) is 27.5 Å². The zero-order chi connectivity index (χ0) is 15.7. The van der Waals surface area contributed by atoms with Crippen molar-refractivity contribution < 1.29 is 13.9 Å². The first-order valence-electron chi connectivity index (χ1n) is 6.41. The third-order valence-corrected chi connectivity index (χ3v) is 4.08. The van der Waals surface area contributed by atoms with Gasteiger partial charge in [0.15, 0.2) is 0 Å². The summed E-state index contributed by atoms with van der Waals surface area (Å²) in [5.41, 5.74) is 1.07. The molecular formula is C15H12N2O4S.